The average Bonchev–Trinajstić information content (AvgIpc) is 3.76. The first-order chi connectivity index (χ1) is 18.3. The number of rotatable bonds is 8. The largest absolute Gasteiger partial charge is 0.377 e. The molecule has 1 aliphatic carbocycles. The van der Waals surface area contributed by atoms with Crippen LogP contribution in [-0.4, -0.2) is 63.4 Å². The fourth-order valence-electron chi connectivity index (χ4n) is 4.65. The maximum absolute atomic E-state index is 13.8. The van der Waals surface area contributed by atoms with E-state index in [4.69, 9.17) is 14.7 Å². The first kappa shape index (κ1) is 26.1. The summed E-state index contributed by atoms with van der Waals surface area (Å²) in [6, 6.07) is 16.8. The highest BCUT2D eigenvalue weighted by molar-refractivity contribution is 7.92. The van der Waals surface area contributed by atoms with Gasteiger partial charge in [0.1, 0.15) is 17.2 Å². The molecule has 3 aromatic rings. The minimum atomic E-state index is -3.68. The van der Waals surface area contributed by atoms with E-state index in [0.29, 0.717) is 61.2 Å². The molecule has 1 aromatic heterocycles. The molecular weight excluding hydrogens is 509 g/mol. The molecule has 1 saturated heterocycles. The Morgan fingerprint density at radius 2 is 1.87 bits per heavy atom. The number of hydrogen-bond acceptors (Lipinski definition) is 7. The fraction of sp³-hybridized carbons (Fsp3) is 0.370. The molecule has 0 bridgehead atoms. The van der Waals surface area contributed by atoms with Gasteiger partial charge in [-0.05, 0) is 56.2 Å². The highest BCUT2D eigenvalue weighted by Gasteiger charge is 2.58. The summed E-state index contributed by atoms with van der Waals surface area (Å²) in [6.07, 6.45) is 0.964. The Hall–Kier alpha value is -3.57. The summed E-state index contributed by atoms with van der Waals surface area (Å²) in [5.41, 5.74) is 1.68. The molecule has 2 heterocycles. The van der Waals surface area contributed by atoms with E-state index in [1.165, 1.54) is 0 Å². The van der Waals surface area contributed by atoms with Gasteiger partial charge in [0.05, 0.1) is 29.8 Å². The number of alkyl halides is 1. The van der Waals surface area contributed by atoms with Gasteiger partial charge < -0.3 is 20.3 Å². The number of nitrogens with one attached hydrogen (secondary N) is 2. The van der Waals surface area contributed by atoms with E-state index < -0.39 is 27.3 Å². The van der Waals surface area contributed by atoms with Crippen molar-refractivity contribution in [1.82, 2.24) is 15.3 Å². The second kappa shape index (κ2) is 10.7. The number of benzene rings is 2. The number of ether oxygens (including phenoxy) is 1. The van der Waals surface area contributed by atoms with Crippen molar-refractivity contribution in [3.05, 3.63) is 66.4 Å². The monoisotopic (exact) mass is 539 g/mol. The van der Waals surface area contributed by atoms with Crippen molar-refractivity contribution in [2.75, 3.05) is 43.2 Å². The predicted octanol–water partition coefficient (Wildman–Crippen LogP) is 3.92. The van der Waals surface area contributed by atoms with Gasteiger partial charge in [-0.3, -0.25) is 0 Å². The van der Waals surface area contributed by atoms with Crippen LogP contribution in [0.1, 0.15) is 25.5 Å². The van der Waals surface area contributed by atoms with E-state index in [1.54, 1.807) is 54.6 Å². The summed E-state index contributed by atoms with van der Waals surface area (Å²) in [4.78, 5) is 23.9. The Morgan fingerprint density at radius 1 is 1.13 bits per heavy atom. The zero-order chi connectivity index (χ0) is 26.8. The normalized spacial score (nSPS) is 18.6. The maximum atomic E-state index is 13.8. The zero-order valence-electron chi connectivity index (χ0n) is 21.1. The van der Waals surface area contributed by atoms with E-state index in [0.717, 1.165) is 0 Å². The molecule has 9 nitrogen and oxygen atoms in total. The van der Waals surface area contributed by atoms with Crippen molar-refractivity contribution in [3.63, 3.8) is 0 Å². The Kier molecular flexibility index (Phi) is 7.31. The molecule has 1 saturated carbocycles. The van der Waals surface area contributed by atoms with Crippen LogP contribution in [0, 0.1) is 0 Å². The summed E-state index contributed by atoms with van der Waals surface area (Å²) in [6.45, 7) is 3.06. The summed E-state index contributed by atoms with van der Waals surface area (Å²) in [7, 11) is -3.68. The minimum Gasteiger partial charge on any atom is -0.377 e. The molecule has 2 amide bonds. The average molecular weight is 540 g/mol. The first-order valence-corrected chi connectivity index (χ1v) is 14.1. The second-order valence-corrected chi connectivity index (χ2v) is 11.8. The van der Waals surface area contributed by atoms with Crippen molar-refractivity contribution in [2.45, 2.75) is 35.4 Å². The highest BCUT2D eigenvalue weighted by Crippen LogP contribution is 2.55. The van der Waals surface area contributed by atoms with Crippen molar-refractivity contribution in [3.8, 4) is 11.4 Å². The minimum absolute atomic E-state index is 0.0645. The van der Waals surface area contributed by atoms with E-state index in [2.05, 4.69) is 15.5 Å². The van der Waals surface area contributed by atoms with Gasteiger partial charge in [-0.2, -0.15) is 0 Å². The van der Waals surface area contributed by atoms with Gasteiger partial charge in [0, 0.05) is 30.4 Å². The third-order valence-corrected chi connectivity index (χ3v) is 9.43. The topological polar surface area (TPSA) is 114 Å². The number of sulfone groups is 1. The third-order valence-electron chi connectivity index (χ3n) is 6.89. The standard InChI is InChI=1S/C27H30FN5O4S/c1-19-18-37-16-15-33(19)24-17-23(27(11-12-27)38(35,36)22-5-3-2-4-6-22)31-25(32-24)20-7-9-21(10-8-20)30-26(34)29-14-13-28/h2-10,17,19H,11-16,18H2,1H3,(H2,29,30,34)/t19-/m0/s1. The lowest BCUT2D eigenvalue weighted by Crippen LogP contribution is -2.44. The van der Waals surface area contributed by atoms with E-state index >= 15 is 0 Å². The lowest BCUT2D eigenvalue weighted by atomic mass is 10.1. The van der Waals surface area contributed by atoms with Crippen molar-refractivity contribution < 1.29 is 22.3 Å². The number of carbonyl (C=O) groups excluding carboxylic acids is 1. The number of urea groups is 1. The van der Waals surface area contributed by atoms with Crippen LogP contribution in [0.15, 0.2) is 65.6 Å². The molecule has 38 heavy (non-hydrogen) atoms. The summed E-state index contributed by atoms with van der Waals surface area (Å²) >= 11 is 0. The third kappa shape index (κ3) is 5.08. The molecule has 200 valence electrons. The van der Waals surface area contributed by atoms with Gasteiger partial charge >= 0.3 is 6.03 Å². The molecule has 2 aromatic carbocycles. The quantitative estimate of drug-likeness (QED) is 0.446. The molecule has 0 spiro atoms. The Bertz CT molecular complexity index is 1400. The fourth-order valence-corrected chi connectivity index (χ4v) is 6.64. The Morgan fingerprint density at radius 3 is 2.53 bits per heavy atom. The SMILES string of the molecule is C[C@H]1COCCN1c1cc(C2(S(=O)(=O)c3ccccc3)CC2)nc(-c2ccc(NC(=O)NCCF)cc2)n1. The van der Waals surface area contributed by atoms with Crippen molar-refractivity contribution in [1.29, 1.82) is 0 Å². The molecule has 5 rings (SSSR count). The van der Waals surface area contributed by atoms with Crippen LogP contribution >= 0.6 is 0 Å². The van der Waals surface area contributed by atoms with Crippen LogP contribution in [0.3, 0.4) is 0 Å². The lowest BCUT2D eigenvalue weighted by molar-refractivity contribution is 0.0985. The Balaban J connectivity index is 1.53. The number of hydrogen-bond donors (Lipinski definition) is 2. The molecule has 11 heteroatoms. The van der Waals surface area contributed by atoms with E-state index in [9.17, 15) is 17.6 Å². The molecule has 1 aliphatic heterocycles. The molecule has 1 atom stereocenters. The van der Waals surface area contributed by atoms with Gasteiger partial charge in [0.15, 0.2) is 15.7 Å². The van der Waals surface area contributed by atoms with Gasteiger partial charge in [-0.1, -0.05) is 18.2 Å². The number of nitrogens with zero attached hydrogens (tertiary/aromatic N) is 3. The molecular formula is C27H30FN5O4S. The summed E-state index contributed by atoms with van der Waals surface area (Å²) in [5.74, 6) is 1.06. The van der Waals surface area contributed by atoms with Gasteiger partial charge in [-0.25, -0.2) is 27.6 Å². The van der Waals surface area contributed by atoms with Gasteiger partial charge in [0.2, 0.25) is 0 Å². The van der Waals surface area contributed by atoms with E-state index in [1.807, 2.05) is 13.0 Å². The van der Waals surface area contributed by atoms with Crippen molar-refractivity contribution in [2.24, 2.45) is 0 Å². The molecule has 0 radical (unpaired) electrons. The number of carbonyl (C=O) groups is 1. The van der Waals surface area contributed by atoms with Crippen LogP contribution in [-0.2, 0) is 19.3 Å². The zero-order valence-corrected chi connectivity index (χ0v) is 21.9. The Labute approximate surface area is 221 Å². The number of morpholine rings is 1. The van der Waals surface area contributed by atoms with Crippen LogP contribution < -0.4 is 15.5 Å². The molecule has 2 aliphatic rings. The number of halogens is 1. The van der Waals surface area contributed by atoms with Crippen LogP contribution in [0.5, 0.6) is 0 Å². The van der Waals surface area contributed by atoms with E-state index in [-0.39, 0.29) is 17.5 Å². The molecule has 2 fully saturated rings. The number of amides is 2. The first-order valence-electron chi connectivity index (χ1n) is 12.6. The summed E-state index contributed by atoms with van der Waals surface area (Å²) in [5, 5.41) is 5.06. The van der Waals surface area contributed by atoms with Crippen LogP contribution in [0.2, 0.25) is 0 Å². The van der Waals surface area contributed by atoms with Crippen molar-refractivity contribution >= 4 is 27.4 Å². The predicted molar refractivity (Wildman–Crippen MR) is 143 cm³/mol. The highest BCUT2D eigenvalue weighted by atomic mass is 32.2. The van der Waals surface area contributed by atoms with Crippen LogP contribution in [0.4, 0.5) is 20.7 Å². The number of aromatic nitrogens is 2. The molecule has 0 unspecified atom stereocenters. The second-order valence-electron chi connectivity index (χ2n) is 9.51. The lowest BCUT2D eigenvalue weighted by Gasteiger charge is -2.34. The maximum Gasteiger partial charge on any atom is 0.319 e. The smallest absolute Gasteiger partial charge is 0.319 e. The van der Waals surface area contributed by atoms with Gasteiger partial charge in [0.25, 0.3) is 0 Å². The van der Waals surface area contributed by atoms with Gasteiger partial charge in [-0.15, -0.1) is 0 Å². The molecule has 2 N–H and O–H groups in total. The summed E-state index contributed by atoms with van der Waals surface area (Å²) < 4.78 is 44.4. The number of anilines is 2. The van der Waals surface area contributed by atoms with Crippen LogP contribution in [0.25, 0.3) is 11.4 Å².